The standard InChI is InChI=1S/C15H24F3N3/c1-2-7-20-14(10-19,12-3-4-12)11-21-8-5-13(6-9-21)15(16,17)18/h12-13,20H,2-9,11H2,1H3. The zero-order valence-corrected chi connectivity index (χ0v) is 12.5. The summed E-state index contributed by atoms with van der Waals surface area (Å²) in [6, 6.07) is 2.43. The highest BCUT2D eigenvalue weighted by molar-refractivity contribution is 5.16. The summed E-state index contributed by atoms with van der Waals surface area (Å²) >= 11 is 0. The fraction of sp³-hybridized carbons (Fsp3) is 0.933. The Morgan fingerprint density at radius 2 is 1.76 bits per heavy atom. The third-order valence-corrected chi connectivity index (χ3v) is 4.69. The highest BCUT2D eigenvalue weighted by atomic mass is 19.4. The summed E-state index contributed by atoms with van der Waals surface area (Å²) in [6.45, 7) is 4.26. The SMILES string of the molecule is CCCNC(C#N)(CN1CCC(C(F)(F)F)CC1)C1CC1. The molecule has 1 saturated carbocycles. The van der Waals surface area contributed by atoms with E-state index in [0.717, 1.165) is 25.8 Å². The molecule has 0 aromatic heterocycles. The minimum atomic E-state index is -4.07. The molecule has 1 heterocycles. The first kappa shape index (κ1) is 16.6. The molecule has 1 unspecified atom stereocenters. The molecule has 0 aromatic rings. The van der Waals surface area contributed by atoms with Crippen LogP contribution in [0.15, 0.2) is 0 Å². The van der Waals surface area contributed by atoms with Gasteiger partial charge in [0, 0.05) is 6.54 Å². The Balaban J connectivity index is 1.92. The van der Waals surface area contributed by atoms with Gasteiger partial charge in [-0.15, -0.1) is 0 Å². The van der Waals surface area contributed by atoms with Crippen LogP contribution in [0.2, 0.25) is 0 Å². The van der Waals surface area contributed by atoms with Crippen molar-refractivity contribution in [3.8, 4) is 6.07 Å². The lowest BCUT2D eigenvalue weighted by Gasteiger charge is -2.38. The van der Waals surface area contributed by atoms with Crippen LogP contribution in [0.1, 0.15) is 39.0 Å². The van der Waals surface area contributed by atoms with Crippen molar-refractivity contribution in [1.82, 2.24) is 10.2 Å². The molecule has 2 rings (SSSR count). The van der Waals surface area contributed by atoms with E-state index < -0.39 is 17.6 Å². The minimum Gasteiger partial charge on any atom is -0.300 e. The van der Waals surface area contributed by atoms with Gasteiger partial charge in [-0.2, -0.15) is 18.4 Å². The van der Waals surface area contributed by atoms with Gasteiger partial charge in [0.15, 0.2) is 0 Å². The fourth-order valence-corrected chi connectivity index (χ4v) is 3.19. The van der Waals surface area contributed by atoms with Crippen LogP contribution in [0.3, 0.4) is 0 Å². The van der Waals surface area contributed by atoms with Crippen LogP contribution >= 0.6 is 0 Å². The number of halogens is 3. The quantitative estimate of drug-likeness (QED) is 0.820. The summed E-state index contributed by atoms with van der Waals surface area (Å²) in [6.07, 6.45) is -0.721. The zero-order chi connectivity index (χ0) is 15.5. The molecule has 0 bridgehead atoms. The van der Waals surface area contributed by atoms with Crippen molar-refractivity contribution in [2.45, 2.75) is 50.7 Å². The van der Waals surface area contributed by atoms with Crippen molar-refractivity contribution in [2.24, 2.45) is 11.8 Å². The van der Waals surface area contributed by atoms with Crippen molar-refractivity contribution in [1.29, 1.82) is 5.26 Å². The molecule has 2 fully saturated rings. The number of alkyl halides is 3. The number of rotatable bonds is 6. The average molecular weight is 303 g/mol. The van der Waals surface area contributed by atoms with Crippen LogP contribution in [0.4, 0.5) is 13.2 Å². The van der Waals surface area contributed by atoms with Crippen LogP contribution in [-0.2, 0) is 0 Å². The lowest BCUT2D eigenvalue weighted by molar-refractivity contribution is -0.185. The second kappa shape index (κ2) is 6.53. The van der Waals surface area contributed by atoms with Gasteiger partial charge in [-0.05, 0) is 57.7 Å². The van der Waals surface area contributed by atoms with Crippen molar-refractivity contribution in [3.63, 3.8) is 0 Å². The molecule has 21 heavy (non-hydrogen) atoms. The monoisotopic (exact) mass is 303 g/mol. The first-order chi connectivity index (χ1) is 9.91. The predicted octanol–water partition coefficient (Wildman–Crippen LogP) is 2.93. The van der Waals surface area contributed by atoms with Gasteiger partial charge in [0.25, 0.3) is 0 Å². The maximum atomic E-state index is 12.7. The molecule has 120 valence electrons. The van der Waals surface area contributed by atoms with E-state index in [1.165, 1.54) is 0 Å². The summed E-state index contributed by atoms with van der Waals surface area (Å²) in [7, 11) is 0. The number of hydrogen-bond donors (Lipinski definition) is 1. The Morgan fingerprint density at radius 1 is 1.14 bits per heavy atom. The van der Waals surface area contributed by atoms with E-state index in [2.05, 4.69) is 18.3 Å². The van der Waals surface area contributed by atoms with Gasteiger partial charge in [-0.1, -0.05) is 6.92 Å². The van der Waals surface area contributed by atoms with Crippen LogP contribution in [0, 0.1) is 23.2 Å². The molecule has 1 aliphatic carbocycles. The molecule has 3 nitrogen and oxygen atoms in total. The van der Waals surface area contributed by atoms with Gasteiger partial charge in [0.1, 0.15) is 5.54 Å². The van der Waals surface area contributed by atoms with E-state index >= 15 is 0 Å². The molecule has 0 aromatic carbocycles. The molecule has 2 aliphatic rings. The molecular weight excluding hydrogens is 279 g/mol. The van der Waals surface area contributed by atoms with Crippen LogP contribution < -0.4 is 5.32 Å². The van der Waals surface area contributed by atoms with E-state index in [1.807, 2.05) is 4.90 Å². The second-order valence-electron chi connectivity index (χ2n) is 6.38. The molecule has 1 atom stereocenters. The molecule has 1 aliphatic heterocycles. The van der Waals surface area contributed by atoms with Crippen LogP contribution in [-0.4, -0.2) is 42.8 Å². The number of nitrogens with zero attached hydrogens (tertiary/aromatic N) is 2. The number of nitrogens with one attached hydrogen (secondary N) is 1. The molecule has 0 spiro atoms. The lowest BCUT2D eigenvalue weighted by Crippen LogP contribution is -2.56. The Morgan fingerprint density at radius 3 is 2.19 bits per heavy atom. The summed E-state index contributed by atoms with van der Waals surface area (Å²) in [5.41, 5.74) is -0.568. The second-order valence-corrected chi connectivity index (χ2v) is 6.38. The molecule has 1 saturated heterocycles. The summed E-state index contributed by atoms with van der Waals surface area (Å²) in [5.74, 6) is -0.816. The molecule has 0 amide bonds. The number of nitriles is 1. The Hall–Kier alpha value is -0.800. The predicted molar refractivity (Wildman–Crippen MR) is 74.6 cm³/mol. The fourth-order valence-electron chi connectivity index (χ4n) is 3.19. The third-order valence-electron chi connectivity index (χ3n) is 4.69. The number of likely N-dealkylation sites (tertiary alicyclic amines) is 1. The molecule has 1 N–H and O–H groups in total. The van der Waals surface area contributed by atoms with Crippen LogP contribution in [0.25, 0.3) is 0 Å². The summed E-state index contributed by atoms with van der Waals surface area (Å²) < 4.78 is 38.1. The number of piperidine rings is 1. The van der Waals surface area contributed by atoms with Crippen molar-refractivity contribution >= 4 is 0 Å². The average Bonchev–Trinajstić information content (AvgIpc) is 3.28. The van der Waals surface area contributed by atoms with E-state index in [1.54, 1.807) is 0 Å². The first-order valence-corrected chi connectivity index (χ1v) is 7.86. The van der Waals surface area contributed by atoms with Crippen molar-refractivity contribution < 1.29 is 13.2 Å². The highest BCUT2D eigenvalue weighted by Crippen LogP contribution is 2.41. The van der Waals surface area contributed by atoms with Gasteiger partial charge in [0.2, 0.25) is 0 Å². The molecule has 6 heteroatoms. The van der Waals surface area contributed by atoms with E-state index in [0.29, 0.717) is 25.6 Å². The maximum Gasteiger partial charge on any atom is 0.391 e. The van der Waals surface area contributed by atoms with E-state index in [-0.39, 0.29) is 12.8 Å². The maximum absolute atomic E-state index is 12.7. The lowest BCUT2D eigenvalue weighted by atomic mass is 9.90. The van der Waals surface area contributed by atoms with Gasteiger partial charge in [0.05, 0.1) is 12.0 Å². The molecule has 0 radical (unpaired) electrons. The van der Waals surface area contributed by atoms with Crippen molar-refractivity contribution in [2.75, 3.05) is 26.2 Å². The summed E-state index contributed by atoms with van der Waals surface area (Å²) in [4.78, 5) is 2.03. The smallest absolute Gasteiger partial charge is 0.300 e. The first-order valence-electron chi connectivity index (χ1n) is 7.86. The van der Waals surface area contributed by atoms with Gasteiger partial charge >= 0.3 is 6.18 Å². The molecular formula is C15H24F3N3. The Kier molecular flexibility index (Phi) is 5.15. The topological polar surface area (TPSA) is 39.1 Å². The van der Waals surface area contributed by atoms with Gasteiger partial charge in [-0.25, -0.2) is 0 Å². The largest absolute Gasteiger partial charge is 0.391 e. The normalized spacial score (nSPS) is 24.5. The van der Waals surface area contributed by atoms with Gasteiger partial charge in [-0.3, -0.25) is 5.32 Å². The van der Waals surface area contributed by atoms with Crippen LogP contribution in [0.5, 0.6) is 0 Å². The van der Waals surface area contributed by atoms with E-state index in [9.17, 15) is 18.4 Å². The zero-order valence-electron chi connectivity index (χ0n) is 12.5. The number of hydrogen-bond acceptors (Lipinski definition) is 3. The van der Waals surface area contributed by atoms with Crippen molar-refractivity contribution in [3.05, 3.63) is 0 Å². The third kappa shape index (κ3) is 4.10. The minimum absolute atomic E-state index is 0.156. The van der Waals surface area contributed by atoms with E-state index in [4.69, 9.17) is 0 Å². The van der Waals surface area contributed by atoms with Gasteiger partial charge < -0.3 is 4.90 Å². The Labute approximate surface area is 124 Å². The highest BCUT2D eigenvalue weighted by Gasteiger charge is 2.48. The Bertz CT molecular complexity index is 379. The summed E-state index contributed by atoms with van der Waals surface area (Å²) in [5, 5.41) is 13.0.